The number of carbonyl (C=O) groups is 1. The third-order valence-electron chi connectivity index (χ3n) is 3.39. The van der Waals surface area contributed by atoms with Crippen LogP contribution in [0.3, 0.4) is 0 Å². The molecule has 0 bridgehead atoms. The normalized spacial score (nSPS) is 15.4. The van der Waals surface area contributed by atoms with E-state index in [9.17, 15) is 14.9 Å². The molecule has 2 N–H and O–H groups in total. The van der Waals surface area contributed by atoms with Gasteiger partial charge in [0.15, 0.2) is 0 Å². The molecule has 0 unspecified atom stereocenters. The molecule has 22 heavy (non-hydrogen) atoms. The molecule has 1 atom stereocenters. The standard InChI is InChI=1S/C13H18N4O3.2ClH/c1-10(14)13(18)16-7-5-15(6-8-16)11-3-2-4-12(9-11)17(19)20;;/h2-4,9-10H,5-8,14H2,1H3;2*1H/t10-;;/m1../s1. The van der Waals surface area contributed by atoms with Gasteiger partial charge in [-0.25, -0.2) is 0 Å². The highest BCUT2D eigenvalue weighted by atomic mass is 35.5. The predicted molar refractivity (Wildman–Crippen MR) is 90.0 cm³/mol. The molecular formula is C13H20Cl2N4O3. The van der Waals surface area contributed by atoms with Crippen LogP contribution in [0.15, 0.2) is 24.3 Å². The maximum Gasteiger partial charge on any atom is 0.271 e. The molecule has 1 aromatic carbocycles. The van der Waals surface area contributed by atoms with Gasteiger partial charge in [0.05, 0.1) is 11.0 Å². The molecule has 2 rings (SSSR count). The van der Waals surface area contributed by atoms with Gasteiger partial charge in [0.1, 0.15) is 0 Å². The molecule has 1 aliphatic rings. The Morgan fingerprint density at radius 1 is 1.27 bits per heavy atom. The monoisotopic (exact) mass is 350 g/mol. The highest BCUT2D eigenvalue weighted by Gasteiger charge is 2.23. The Labute approximate surface area is 141 Å². The molecular weight excluding hydrogens is 331 g/mol. The van der Waals surface area contributed by atoms with Crippen LogP contribution in [0.25, 0.3) is 0 Å². The number of nitrogens with zero attached hydrogens (tertiary/aromatic N) is 3. The highest BCUT2D eigenvalue weighted by molar-refractivity contribution is 5.85. The van der Waals surface area contributed by atoms with E-state index >= 15 is 0 Å². The Hall–Kier alpha value is -1.57. The van der Waals surface area contributed by atoms with Crippen molar-refractivity contribution < 1.29 is 9.72 Å². The number of hydrogen-bond acceptors (Lipinski definition) is 5. The zero-order valence-electron chi connectivity index (χ0n) is 12.2. The zero-order valence-corrected chi connectivity index (χ0v) is 13.8. The Morgan fingerprint density at radius 3 is 2.36 bits per heavy atom. The molecule has 1 fully saturated rings. The summed E-state index contributed by atoms with van der Waals surface area (Å²) in [6, 6.07) is 6.06. The van der Waals surface area contributed by atoms with Gasteiger partial charge in [0, 0.05) is 44.0 Å². The van der Waals surface area contributed by atoms with Crippen LogP contribution in [-0.2, 0) is 4.79 Å². The summed E-state index contributed by atoms with van der Waals surface area (Å²) >= 11 is 0. The van der Waals surface area contributed by atoms with Crippen molar-refractivity contribution in [1.82, 2.24) is 4.90 Å². The number of benzene rings is 1. The van der Waals surface area contributed by atoms with Crippen molar-refractivity contribution in [3.05, 3.63) is 34.4 Å². The lowest BCUT2D eigenvalue weighted by Gasteiger charge is -2.36. The maximum absolute atomic E-state index is 11.8. The lowest BCUT2D eigenvalue weighted by Crippen LogP contribution is -2.52. The van der Waals surface area contributed by atoms with Gasteiger partial charge >= 0.3 is 0 Å². The van der Waals surface area contributed by atoms with Gasteiger partial charge in [0.2, 0.25) is 5.91 Å². The van der Waals surface area contributed by atoms with E-state index in [1.807, 2.05) is 11.0 Å². The Morgan fingerprint density at radius 2 is 1.86 bits per heavy atom. The average Bonchev–Trinajstić information content (AvgIpc) is 2.46. The van der Waals surface area contributed by atoms with Crippen molar-refractivity contribution in [2.75, 3.05) is 31.1 Å². The van der Waals surface area contributed by atoms with E-state index in [0.717, 1.165) is 5.69 Å². The Kier molecular flexibility index (Phi) is 8.15. The second-order valence-electron chi connectivity index (χ2n) is 4.88. The maximum atomic E-state index is 11.8. The van der Waals surface area contributed by atoms with Crippen LogP contribution >= 0.6 is 24.8 Å². The van der Waals surface area contributed by atoms with E-state index in [1.54, 1.807) is 24.0 Å². The van der Waals surface area contributed by atoms with Crippen LogP contribution in [0.4, 0.5) is 11.4 Å². The van der Waals surface area contributed by atoms with E-state index in [1.165, 1.54) is 6.07 Å². The lowest BCUT2D eigenvalue weighted by atomic mass is 10.2. The van der Waals surface area contributed by atoms with E-state index in [-0.39, 0.29) is 36.4 Å². The summed E-state index contributed by atoms with van der Waals surface area (Å²) in [5, 5.41) is 10.8. The van der Waals surface area contributed by atoms with Crippen LogP contribution in [0.2, 0.25) is 0 Å². The predicted octanol–water partition coefficient (Wildman–Crippen LogP) is 1.43. The SMILES string of the molecule is C[C@@H](N)C(=O)N1CCN(c2cccc([N+](=O)[O-])c2)CC1.Cl.Cl. The summed E-state index contributed by atoms with van der Waals surface area (Å²) < 4.78 is 0. The van der Waals surface area contributed by atoms with Crippen molar-refractivity contribution >= 4 is 42.1 Å². The molecule has 0 saturated carbocycles. The van der Waals surface area contributed by atoms with Gasteiger partial charge in [-0.15, -0.1) is 24.8 Å². The first kappa shape index (κ1) is 20.4. The summed E-state index contributed by atoms with van der Waals surface area (Å²) in [7, 11) is 0. The highest BCUT2D eigenvalue weighted by Crippen LogP contribution is 2.22. The topological polar surface area (TPSA) is 92.7 Å². The summed E-state index contributed by atoms with van der Waals surface area (Å²) in [5.41, 5.74) is 6.48. The first-order valence-electron chi connectivity index (χ1n) is 6.53. The quantitative estimate of drug-likeness (QED) is 0.657. The molecule has 124 valence electrons. The molecule has 7 nitrogen and oxygen atoms in total. The number of piperazine rings is 1. The fraction of sp³-hybridized carbons (Fsp3) is 0.462. The van der Waals surface area contributed by atoms with Crippen LogP contribution in [0.1, 0.15) is 6.92 Å². The number of nitro groups is 1. The van der Waals surface area contributed by atoms with Gasteiger partial charge in [-0.1, -0.05) is 6.07 Å². The molecule has 1 heterocycles. The van der Waals surface area contributed by atoms with Gasteiger partial charge in [0.25, 0.3) is 5.69 Å². The van der Waals surface area contributed by atoms with Crippen molar-refractivity contribution in [2.24, 2.45) is 5.73 Å². The van der Waals surface area contributed by atoms with Gasteiger partial charge in [-0.3, -0.25) is 14.9 Å². The lowest BCUT2D eigenvalue weighted by molar-refractivity contribution is -0.384. The Balaban J connectivity index is 0.00000220. The molecule has 0 radical (unpaired) electrons. The van der Waals surface area contributed by atoms with Gasteiger partial charge < -0.3 is 15.5 Å². The van der Waals surface area contributed by atoms with Gasteiger partial charge in [-0.2, -0.15) is 0 Å². The minimum atomic E-state index is -0.487. The van der Waals surface area contributed by atoms with Crippen LogP contribution in [0, 0.1) is 10.1 Å². The first-order valence-corrected chi connectivity index (χ1v) is 6.53. The van der Waals surface area contributed by atoms with Crippen molar-refractivity contribution in [1.29, 1.82) is 0 Å². The minimum Gasteiger partial charge on any atom is -0.368 e. The number of non-ortho nitro benzene ring substituents is 1. The van der Waals surface area contributed by atoms with E-state index < -0.39 is 11.0 Å². The second-order valence-corrected chi connectivity index (χ2v) is 4.88. The summed E-state index contributed by atoms with van der Waals surface area (Å²) in [4.78, 5) is 25.9. The molecule has 0 aromatic heterocycles. The second kappa shape index (κ2) is 8.77. The van der Waals surface area contributed by atoms with E-state index in [0.29, 0.717) is 26.2 Å². The number of amides is 1. The number of nitrogens with two attached hydrogens (primary N) is 1. The van der Waals surface area contributed by atoms with Gasteiger partial charge in [-0.05, 0) is 13.0 Å². The van der Waals surface area contributed by atoms with E-state index in [2.05, 4.69) is 0 Å². The van der Waals surface area contributed by atoms with Crippen LogP contribution < -0.4 is 10.6 Å². The van der Waals surface area contributed by atoms with Crippen molar-refractivity contribution in [3.63, 3.8) is 0 Å². The number of halogens is 2. The Bertz CT molecular complexity index is 520. The van der Waals surface area contributed by atoms with Crippen LogP contribution in [-0.4, -0.2) is 48.0 Å². The third kappa shape index (κ3) is 4.72. The van der Waals surface area contributed by atoms with Crippen molar-refractivity contribution in [2.45, 2.75) is 13.0 Å². The van der Waals surface area contributed by atoms with Crippen molar-refractivity contribution in [3.8, 4) is 0 Å². The largest absolute Gasteiger partial charge is 0.368 e. The molecule has 9 heteroatoms. The number of carbonyl (C=O) groups excluding carboxylic acids is 1. The molecule has 1 amide bonds. The first-order chi connectivity index (χ1) is 9.49. The molecule has 0 spiro atoms. The molecule has 1 aromatic rings. The smallest absolute Gasteiger partial charge is 0.271 e. The fourth-order valence-corrected chi connectivity index (χ4v) is 2.28. The number of rotatable bonds is 3. The number of anilines is 1. The fourth-order valence-electron chi connectivity index (χ4n) is 2.28. The number of nitro benzene ring substituents is 1. The van der Waals surface area contributed by atoms with E-state index in [4.69, 9.17) is 5.73 Å². The summed E-state index contributed by atoms with van der Waals surface area (Å²) in [5.74, 6) is -0.0521. The molecule has 1 aliphatic heterocycles. The average molecular weight is 351 g/mol. The molecule has 0 aliphatic carbocycles. The summed E-state index contributed by atoms with van der Waals surface area (Å²) in [6.07, 6.45) is 0. The summed E-state index contributed by atoms with van der Waals surface area (Å²) in [6.45, 7) is 4.15. The zero-order chi connectivity index (χ0) is 14.7. The molecule has 1 saturated heterocycles. The van der Waals surface area contributed by atoms with Crippen LogP contribution in [0.5, 0.6) is 0 Å². The number of hydrogen-bond donors (Lipinski definition) is 1. The minimum absolute atomic E-state index is 0. The third-order valence-corrected chi connectivity index (χ3v) is 3.39.